The molecule has 1 fully saturated rings. The van der Waals surface area contributed by atoms with Crippen molar-refractivity contribution in [3.8, 4) is 0 Å². The van der Waals surface area contributed by atoms with E-state index < -0.39 is 10.8 Å². The minimum Gasteiger partial charge on any atom is -0.354 e. The van der Waals surface area contributed by atoms with Crippen LogP contribution in [0.1, 0.15) is 23.7 Å². The van der Waals surface area contributed by atoms with Gasteiger partial charge in [0.2, 0.25) is 0 Å². The highest BCUT2D eigenvalue weighted by Crippen LogP contribution is 2.19. The minimum absolute atomic E-state index is 0.0719. The molecule has 2 heterocycles. The maximum absolute atomic E-state index is 12.6. The Labute approximate surface area is 144 Å². The Bertz CT molecular complexity index is 736. The molecule has 126 valence electrons. The van der Waals surface area contributed by atoms with Gasteiger partial charge in [0.1, 0.15) is 5.82 Å². The number of hydrogen-bond acceptors (Lipinski definition) is 4. The molecule has 0 unspecified atom stereocenters. The van der Waals surface area contributed by atoms with Gasteiger partial charge in [0.15, 0.2) is 0 Å². The SMILES string of the molecule is CC[S@](=O)c1ccccc1C(=O)N[C@H]1CCN(c2ccccn2)C1. The first-order valence-corrected chi connectivity index (χ1v) is 9.45. The first kappa shape index (κ1) is 16.6. The molecule has 1 aliphatic rings. The summed E-state index contributed by atoms with van der Waals surface area (Å²) in [5, 5.41) is 3.07. The summed E-state index contributed by atoms with van der Waals surface area (Å²) in [5.41, 5.74) is 0.508. The summed E-state index contributed by atoms with van der Waals surface area (Å²) in [4.78, 5) is 19.7. The van der Waals surface area contributed by atoms with Gasteiger partial charge in [0.05, 0.1) is 21.3 Å². The molecule has 3 rings (SSSR count). The molecule has 2 aromatic rings. The van der Waals surface area contributed by atoms with E-state index in [9.17, 15) is 9.00 Å². The molecule has 6 heteroatoms. The number of benzene rings is 1. The van der Waals surface area contributed by atoms with E-state index in [1.807, 2.05) is 31.2 Å². The molecule has 0 radical (unpaired) electrons. The van der Waals surface area contributed by atoms with Crippen LogP contribution in [0.2, 0.25) is 0 Å². The van der Waals surface area contributed by atoms with Crippen molar-refractivity contribution in [2.45, 2.75) is 24.3 Å². The standard InChI is InChI=1S/C18H21N3O2S/c1-2-24(23)16-8-4-3-7-15(16)18(22)20-14-10-12-21(13-14)17-9-5-6-11-19-17/h3-9,11,14H,2,10,12-13H2,1H3,(H,20,22)/t14-,24-/m0/s1. The topological polar surface area (TPSA) is 62.3 Å². The molecule has 5 nitrogen and oxygen atoms in total. The lowest BCUT2D eigenvalue weighted by atomic mass is 10.2. The van der Waals surface area contributed by atoms with Crippen LogP contribution in [-0.4, -0.2) is 40.0 Å². The molecule has 1 N–H and O–H groups in total. The monoisotopic (exact) mass is 343 g/mol. The van der Waals surface area contributed by atoms with Gasteiger partial charge in [-0.3, -0.25) is 9.00 Å². The number of pyridine rings is 1. The van der Waals surface area contributed by atoms with Crippen molar-refractivity contribution in [3.05, 3.63) is 54.2 Å². The van der Waals surface area contributed by atoms with Gasteiger partial charge in [-0.1, -0.05) is 25.1 Å². The maximum Gasteiger partial charge on any atom is 0.252 e. The van der Waals surface area contributed by atoms with E-state index in [1.54, 1.807) is 24.4 Å². The molecule has 1 aromatic carbocycles. The van der Waals surface area contributed by atoms with Crippen LogP contribution < -0.4 is 10.2 Å². The summed E-state index contributed by atoms with van der Waals surface area (Å²) in [7, 11) is -1.14. The minimum atomic E-state index is -1.14. The smallest absolute Gasteiger partial charge is 0.252 e. The predicted octanol–water partition coefficient (Wildman–Crippen LogP) is 2.22. The van der Waals surface area contributed by atoms with Crippen LogP contribution in [0.25, 0.3) is 0 Å². The third kappa shape index (κ3) is 3.64. The van der Waals surface area contributed by atoms with Crippen molar-refractivity contribution < 1.29 is 9.00 Å². The van der Waals surface area contributed by atoms with Crippen LogP contribution in [0.5, 0.6) is 0 Å². The molecule has 0 aliphatic carbocycles. The average Bonchev–Trinajstić information content (AvgIpc) is 3.10. The van der Waals surface area contributed by atoms with Crippen molar-refractivity contribution in [1.82, 2.24) is 10.3 Å². The van der Waals surface area contributed by atoms with Crippen molar-refractivity contribution in [2.24, 2.45) is 0 Å². The van der Waals surface area contributed by atoms with Gasteiger partial charge in [0, 0.05) is 31.1 Å². The largest absolute Gasteiger partial charge is 0.354 e. The van der Waals surface area contributed by atoms with E-state index >= 15 is 0 Å². The Hall–Kier alpha value is -2.21. The van der Waals surface area contributed by atoms with Crippen LogP contribution >= 0.6 is 0 Å². The zero-order chi connectivity index (χ0) is 16.9. The fourth-order valence-electron chi connectivity index (χ4n) is 2.90. The van der Waals surface area contributed by atoms with Gasteiger partial charge < -0.3 is 10.2 Å². The lowest BCUT2D eigenvalue weighted by molar-refractivity contribution is 0.0937. The van der Waals surface area contributed by atoms with E-state index in [2.05, 4.69) is 15.2 Å². The molecular weight excluding hydrogens is 322 g/mol. The van der Waals surface area contributed by atoms with E-state index in [1.165, 1.54) is 0 Å². The van der Waals surface area contributed by atoms with Crippen LogP contribution in [-0.2, 0) is 10.8 Å². The molecular formula is C18H21N3O2S. The number of anilines is 1. The summed E-state index contributed by atoms with van der Waals surface area (Å²) in [6.07, 6.45) is 2.65. The van der Waals surface area contributed by atoms with Gasteiger partial charge in [-0.05, 0) is 30.7 Å². The summed E-state index contributed by atoms with van der Waals surface area (Å²) < 4.78 is 12.1. The Balaban J connectivity index is 1.67. The van der Waals surface area contributed by atoms with Crippen molar-refractivity contribution in [2.75, 3.05) is 23.7 Å². The Morgan fingerprint density at radius 3 is 2.83 bits per heavy atom. The Kier molecular flexibility index (Phi) is 5.25. The van der Waals surface area contributed by atoms with E-state index in [0.29, 0.717) is 16.2 Å². The van der Waals surface area contributed by atoms with Crippen molar-refractivity contribution in [1.29, 1.82) is 0 Å². The van der Waals surface area contributed by atoms with E-state index in [0.717, 1.165) is 25.3 Å². The Morgan fingerprint density at radius 2 is 2.08 bits per heavy atom. The van der Waals surface area contributed by atoms with Gasteiger partial charge in [-0.25, -0.2) is 4.98 Å². The predicted molar refractivity (Wildman–Crippen MR) is 95.7 cm³/mol. The number of nitrogens with one attached hydrogen (secondary N) is 1. The summed E-state index contributed by atoms with van der Waals surface area (Å²) >= 11 is 0. The van der Waals surface area contributed by atoms with Gasteiger partial charge in [-0.2, -0.15) is 0 Å². The number of hydrogen-bond donors (Lipinski definition) is 1. The lowest BCUT2D eigenvalue weighted by Gasteiger charge is -2.18. The highest BCUT2D eigenvalue weighted by molar-refractivity contribution is 7.85. The third-order valence-electron chi connectivity index (χ3n) is 4.14. The fourth-order valence-corrected chi connectivity index (χ4v) is 3.85. The average molecular weight is 343 g/mol. The normalized spacial score (nSPS) is 18.4. The Morgan fingerprint density at radius 1 is 1.29 bits per heavy atom. The lowest BCUT2D eigenvalue weighted by Crippen LogP contribution is -2.37. The number of carbonyl (C=O) groups is 1. The van der Waals surface area contributed by atoms with Crippen LogP contribution in [0.15, 0.2) is 53.6 Å². The van der Waals surface area contributed by atoms with Gasteiger partial charge in [-0.15, -0.1) is 0 Å². The number of amides is 1. The summed E-state index contributed by atoms with van der Waals surface area (Å²) in [6, 6.07) is 13.0. The van der Waals surface area contributed by atoms with Crippen LogP contribution in [0.4, 0.5) is 5.82 Å². The second kappa shape index (κ2) is 7.57. The molecule has 2 atom stereocenters. The van der Waals surface area contributed by atoms with E-state index in [-0.39, 0.29) is 11.9 Å². The van der Waals surface area contributed by atoms with Crippen molar-refractivity contribution in [3.63, 3.8) is 0 Å². The number of rotatable bonds is 5. The summed E-state index contributed by atoms with van der Waals surface area (Å²) in [5.74, 6) is 1.28. The zero-order valence-electron chi connectivity index (χ0n) is 13.6. The summed E-state index contributed by atoms with van der Waals surface area (Å²) in [6.45, 7) is 3.46. The van der Waals surface area contributed by atoms with Crippen molar-refractivity contribution >= 4 is 22.5 Å². The third-order valence-corrected chi connectivity index (χ3v) is 5.51. The molecule has 0 bridgehead atoms. The quantitative estimate of drug-likeness (QED) is 0.904. The number of nitrogens with zero attached hydrogens (tertiary/aromatic N) is 2. The van der Waals surface area contributed by atoms with Crippen LogP contribution in [0.3, 0.4) is 0 Å². The molecule has 0 spiro atoms. The maximum atomic E-state index is 12.6. The molecule has 24 heavy (non-hydrogen) atoms. The number of carbonyl (C=O) groups excluding carboxylic acids is 1. The van der Waals surface area contributed by atoms with Gasteiger partial charge in [0.25, 0.3) is 5.91 Å². The van der Waals surface area contributed by atoms with Gasteiger partial charge >= 0.3 is 0 Å². The molecule has 0 saturated carbocycles. The zero-order valence-corrected chi connectivity index (χ0v) is 14.5. The highest BCUT2D eigenvalue weighted by atomic mass is 32.2. The number of aromatic nitrogens is 1. The highest BCUT2D eigenvalue weighted by Gasteiger charge is 2.26. The van der Waals surface area contributed by atoms with Crippen LogP contribution in [0, 0.1) is 0 Å². The molecule has 1 saturated heterocycles. The van der Waals surface area contributed by atoms with E-state index in [4.69, 9.17) is 0 Å². The first-order chi connectivity index (χ1) is 11.7. The first-order valence-electron chi connectivity index (χ1n) is 8.13. The molecule has 1 aliphatic heterocycles. The second-order valence-electron chi connectivity index (χ2n) is 5.72. The second-order valence-corrected chi connectivity index (χ2v) is 7.43. The molecule has 1 aromatic heterocycles. The molecule has 1 amide bonds. The fraction of sp³-hybridized carbons (Fsp3) is 0.333.